The Balaban J connectivity index is 2.13. The lowest BCUT2D eigenvalue weighted by molar-refractivity contribution is 0.0701. The fraction of sp³-hybridized carbons (Fsp3) is 0.182. The van der Waals surface area contributed by atoms with Gasteiger partial charge in [-0.1, -0.05) is 0 Å². The van der Waals surface area contributed by atoms with Gasteiger partial charge in [0.2, 0.25) is 5.89 Å². The molecule has 0 aliphatic heterocycles. The second kappa shape index (κ2) is 4.84. The van der Waals surface area contributed by atoms with E-state index < -0.39 is 5.97 Å². The van der Waals surface area contributed by atoms with Gasteiger partial charge in [0, 0.05) is 12.3 Å². The van der Waals surface area contributed by atoms with Gasteiger partial charge in [-0.3, -0.25) is 0 Å². The van der Waals surface area contributed by atoms with Crippen LogP contribution < -0.4 is 0 Å². The van der Waals surface area contributed by atoms with Gasteiger partial charge in [0.05, 0.1) is 0 Å². The summed E-state index contributed by atoms with van der Waals surface area (Å²) in [7, 11) is 0. The molecule has 0 spiro atoms. The fourth-order valence-electron chi connectivity index (χ4n) is 1.72. The van der Waals surface area contributed by atoms with Crippen molar-refractivity contribution in [3.05, 3.63) is 22.7 Å². The molecule has 3 heterocycles. The number of carboxylic acids is 1. The summed E-state index contributed by atoms with van der Waals surface area (Å²) in [5, 5.41) is 18.5. The van der Waals surface area contributed by atoms with Gasteiger partial charge in [-0.2, -0.15) is 0 Å². The van der Waals surface area contributed by atoms with E-state index in [4.69, 9.17) is 9.52 Å². The van der Waals surface area contributed by atoms with Crippen molar-refractivity contribution in [1.82, 2.24) is 20.2 Å². The van der Waals surface area contributed by atoms with Crippen LogP contribution in [0, 0.1) is 13.8 Å². The summed E-state index contributed by atoms with van der Waals surface area (Å²) in [6.45, 7) is 3.44. The summed E-state index contributed by atoms with van der Waals surface area (Å²) in [5.74, 6) is -0.499. The van der Waals surface area contributed by atoms with Crippen LogP contribution in [0.25, 0.3) is 10.2 Å². The van der Waals surface area contributed by atoms with Gasteiger partial charge in [0.1, 0.15) is 21.1 Å². The molecular weight excluding hydrogens is 300 g/mol. The number of hydrogen-bond acceptors (Lipinski definition) is 8. The molecule has 0 saturated carbocycles. The molecule has 0 aliphatic carbocycles. The average Bonchev–Trinajstić information content (AvgIpc) is 2.95. The molecule has 1 N–H and O–H groups in total. The van der Waals surface area contributed by atoms with E-state index in [1.165, 1.54) is 18.1 Å². The maximum atomic E-state index is 11.2. The highest BCUT2D eigenvalue weighted by molar-refractivity contribution is 7.99. The molecule has 0 bridgehead atoms. The number of aromatic nitrogens is 4. The predicted octanol–water partition coefficient (Wildman–Crippen LogP) is 2.54. The molecule has 9 heteroatoms. The molecule has 3 aromatic rings. The van der Waals surface area contributed by atoms with Gasteiger partial charge in [-0.25, -0.2) is 14.8 Å². The molecular formula is C11H8N4O3S2. The lowest BCUT2D eigenvalue weighted by Crippen LogP contribution is -1.94. The Morgan fingerprint density at radius 3 is 2.80 bits per heavy atom. The molecule has 0 amide bonds. The summed E-state index contributed by atoms with van der Waals surface area (Å²) < 4.78 is 5.30. The first kappa shape index (κ1) is 13.0. The largest absolute Gasteiger partial charge is 0.477 e. The molecule has 3 rings (SSSR count). The molecule has 7 nitrogen and oxygen atoms in total. The Hall–Kier alpha value is -2.00. The van der Waals surface area contributed by atoms with Crippen LogP contribution in [-0.4, -0.2) is 31.2 Å². The van der Waals surface area contributed by atoms with Gasteiger partial charge < -0.3 is 9.52 Å². The molecule has 0 atom stereocenters. The van der Waals surface area contributed by atoms with Gasteiger partial charge in [-0.15, -0.1) is 21.5 Å². The summed E-state index contributed by atoms with van der Waals surface area (Å²) >= 11 is 2.33. The first-order chi connectivity index (χ1) is 9.56. The van der Waals surface area contributed by atoms with E-state index in [2.05, 4.69) is 20.2 Å². The Labute approximate surface area is 121 Å². The Kier molecular flexibility index (Phi) is 3.14. The van der Waals surface area contributed by atoms with Crippen LogP contribution in [-0.2, 0) is 0 Å². The molecule has 0 aliphatic rings. The molecule has 0 radical (unpaired) electrons. The summed E-state index contributed by atoms with van der Waals surface area (Å²) in [6.07, 6.45) is 1.40. The molecule has 102 valence electrons. The van der Waals surface area contributed by atoms with Crippen molar-refractivity contribution in [3.8, 4) is 0 Å². The van der Waals surface area contributed by atoms with Crippen LogP contribution in [0.1, 0.15) is 21.1 Å². The van der Waals surface area contributed by atoms with Crippen molar-refractivity contribution < 1.29 is 14.3 Å². The Morgan fingerprint density at radius 1 is 1.35 bits per heavy atom. The molecule has 3 aromatic heterocycles. The number of aryl methyl sites for hydroxylation is 2. The van der Waals surface area contributed by atoms with Gasteiger partial charge in [0.15, 0.2) is 0 Å². The maximum absolute atomic E-state index is 11.2. The van der Waals surface area contributed by atoms with Gasteiger partial charge in [-0.05, 0) is 24.2 Å². The van der Waals surface area contributed by atoms with E-state index in [0.717, 1.165) is 16.7 Å². The lowest BCUT2D eigenvalue weighted by atomic mass is 10.2. The SMILES string of the molecule is Cc1nnc(Sc2ncnc3sc(C(=O)O)c(C)c23)o1. The van der Waals surface area contributed by atoms with Crippen LogP contribution in [0.5, 0.6) is 0 Å². The fourth-order valence-corrected chi connectivity index (χ4v) is 3.64. The van der Waals surface area contributed by atoms with Gasteiger partial charge >= 0.3 is 5.97 Å². The number of carbonyl (C=O) groups is 1. The number of rotatable bonds is 3. The number of aromatic carboxylic acids is 1. The number of thiophene rings is 1. The monoisotopic (exact) mass is 308 g/mol. The molecule has 0 unspecified atom stereocenters. The third-order valence-electron chi connectivity index (χ3n) is 2.58. The van der Waals surface area contributed by atoms with Crippen LogP contribution in [0.4, 0.5) is 0 Å². The zero-order chi connectivity index (χ0) is 14.3. The number of nitrogens with zero attached hydrogens (tertiary/aromatic N) is 4. The third-order valence-corrected chi connectivity index (χ3v) is 4.61. The Bertz CT molecular complexity index is 811. The molecule has 0 aromatic carbocycles. The van der Waals surface area contributed by atoms with Crippen molar-refractivity contribution in [2.45, 2.75) is 24.1 Å². The van der Waals surface area contributed by atoms with Crippen LogP contribution in [0.3, 0.4) is 0 Å². The third kappa shape index (κ3) is 2.14. The number of fused-ring (bicyclic) bond motifs is 1. The minimum atomic E-state index is -0.963. The molecule has 0 fully saturated rings. The minimum absolute atomic E-state index is 0.268. The van der Waals surface area contributed by atoms with E-state index in [-0.39, 0.29) is 4.88 Å². The summed E-state index contributed by atoms with van der Waals surface area (Å²) in [4.78, 5) is 20.4. The van der Waals surface area contributed by atoms with Crippen molar-refractivity contribution in [2.75, 3.05) is 0 Å². The minimum Gasteiger partial charge on any atom is -0.477 e. The van der Waals surface area contributed by atoms with Crippen LogP contribution >= 0.6 is 23.1 Å². The van der Waals surface area contributed by atoms with Gasteiger partial charge in [0.25, 0.3) is 5.22 Å². The Morgan fingerprint density at radius 2 is 2.15 bits per heavy atom. The highest BCUT2D eigenvalue weighted by Crippen LogP contribution is 2.37. The van der Waals surface area contributed by atoms with E-state index >= 15 is 0 Å². The van der Waals surface area contributed by atoms with Crippen LogP contribution in [0.2, 0.25) is 0 Å². The number of hydrogen-bond donors (Lipinski definition) is 1. The first-order valence-electron chi connectivity index (χ1n) is 5.51. The molecule has 0 saturated heterocycles. The van der Waals surface area contributed by atoms with Crippen molar-refractivity contribution >= 4 is 39.3 Å². The topological polar surface area (TPSA) is 102 Å². The quantitative estimate of drug-likeness (QED) is 0.736. The van der Waals surface area contributed by atoms with E-state index in [0.29, 0.717) is 26.5 Å². The summed E-state index contributed by atoms with van der Waals surface area (Å²) in [5.41, 5.74) is 0.650. The zero-order valence-corrected chi connectivity index (χ0v) is 12.1. The van der Waals surface area contributed by atoms with E-state index in [9.17, 15) is 4.79 Å². The van der Waals surface area contributed by atoms with Crippen molar-refractivity contribution in [3.63, 3.8) is 0 Å². The maximum Gasteiger partial charge on any atom is 0.346 e. The first-order valence-corrected chi connectivity index (χ1v) is 7.15. The van der Waals surface area contributed by atoms with E-state index in [1.807, 2.05) is 0 Å². The summed E-state index contributed by atoms with van der Waals surface area (Å²) in [6, 6.07) is 0. The van der Waals surface area contributed by atoms with E-state index in [1.54, 1.807) is 13.8 Å². The lowest BCUT2D eigenvalue weighted by Gasteiger charge is -1.99. The predicted molar refractivity (Wildman–Crippen MR) is 72.3 cm³/mol. The smallest absolute Gasteiger partial charge is 0.346 e. The number of carboxylic acid groups (broad SMARTS) is 1. The second-order valence-electron chi connectivity index (χ2n) is 3.91. The molecule has 20 heavy (non-hydrogen) atoms. The average molecular weight is 308 g/mol. The highest BCUT2D eigenvalue weighted by atomic mass is 32.2. The van der Waals surface area contributed by atoms with Crippen molar-refractivity contribution in [2.24, 2.45) is 0 Å². The highest BCUT2D eigenvalue weighted by Gasteiger charge is 2.20. The standard InChI is InChI=1S/C11H8N4O3S2/c1-4-6-8(19-7(4)10(16)17)12-3-13-9(6)20-11-15-14-5(2)18-11/h3H,1-2H3,(H,16,17). The van der Waals surface area contributed by atoms with Crippen LogP contribution in [0.15, 0.2) is 21.0 Å². The van der Waals surface area contributed by atoms with Crippen molar-refractivity contribution in [1.29, 1.82) is 0 Å². The second-order valence-corrected chi connectivity index (χ2v) is 5.85. The normalized spacial score (nSPS) is 11.1. The zero-order valence-electron chi connectivity index (χ0n) is 10.4.